The van der Waals surface area contributed by atoms with Crippen LogP contribution in [0, 0.1) is 11.8 Å². The molecule has 30 heavy (non-hydrogen) atoms. The van der Waals surface area contributed by atoms with E-state index in [4.69, 9.17) is 18.9 Å². The van der Waals surface area contributed by atoms with Gasteiger partial charge in [0.15, 0.2) is 0 Å². The standard InChI is InChI=1S/C24H30O6/c1-3-29-23(25)21(17-27-15-19-11-7-5-8-12-19)22(24(26)30-4-2)18-28-16-20-13-9-6-10-14-20/h5-14,21-22H,3-4,15-18H2,1-2H3/t21-,22+. The van der Waals surface area contributed by atoms with Gasteiger partial charge < -0.3 is 18.9 Å². The second-order valence-electron chi connectivity index (χ2n) is 6.72. The molecule has 0 aliphatic carbocycles. The summed E-state index contributed by atoms with van der Waals surface area (Å²) in [5, 5.41) is 0. The van der Waals surface area contributed by atoms with E-state index in [9.17, 15) is 9.59 Å². The van der Waals surface area contributed by atoms with Crippen LogP contribution in [0.15, 0.2) is 60.7 Å². The summed E-state index contributed by atoms with van der Waals surface area (Å²) in [6.07, 6.45) is 0. The summed E-state index contributed by atoms with van der Waals surface area (Å²) < 4.78 is 21.9. The number of rotatable bonds is 13. The van der Waals surface area contributed by atoms with Gasteiger partial charge in [-0.1, -0.05) is 60.7 Å². The maximum absolute atomic E-state index is 12.6. The zero-order valence-electron chi connectivity index (χ0n) is 17.6. The van der Waals surface area contributed by atoms with Crippen molar-refractivity contribution in [3.05, 3.63) is 71.8 Å². The molecule has 162 valence electrons. The molecular formula is C24H30O6. The predicted molar refractivity (Wildman–Crippen MR) is 112 cm³/mol. The lowest BCUT2D eigenvalue weighted by Crippen LogP contribution is -2.38. The van der Waals surface area contributed by atoms with E-state index in [1.807, 2.05) is 60.7 Å². The van der Waals surface area contributed by atoms with E-state index >= 15 is 0 Å². The number of hydrogen-bond donors (Lipinski definition) is 0. The van der Waals surface area contributed by atoms with Gasteiger partial charge >= 0.3 is 11.9 Å². The number of hydrogen-bond acceptors (Lipinski definition) is 6. The molecule has 0 unspecified atom stereocenters. The molecule has 0 saturated heterocycles. The first-order valence-electron chi connectivity index (χ1n) is 10.2. The fourth-order valence-electron chi connectivity index (χ4n) is 2.95. The summed E-state index contributed by atoms with van der Waals surface area (Å²) in [5.74, 6) is -2.62. The lowest BCUT2D eigenvalue weighted by molar-refractivity contribution is -0.166. The highest BCUT2D eigenvalue weighted by Crippen LogP contribution is 2.19. The van der Waals surface area contributed by atoms with Gasteiger partial charge in [0.05, 0.1) is 51.5 Å². The lowest BCUT2D eigenvalue weighted by atomic mass is 9.93. The van der Waals surface area contributed by atoms with Gasteiger partial charge in [0, 0.05) is 0 Å². The van der Waals surface area contributed by atoms with Crippen LogP contribution in [-0.2, 0) is 41.8 Å². The number of benzene rings is 2. The maximum Gasteiger partial charge on any atom is 0.312 e. The third kappa shape index (κ3) is 7.97. The Morgan fingerprint density at radius 3 is 1.37 bits per heavy atom. The van der Waals surface area contributed by atoms with E-state index in [1.165, 1.54) is 0 Å². The Bertz CT molecular complexity index is 681. The molecule has 0 aliphatic rings. The van der Waals surface area contributed by atoms with Gasteiger partial charge in [-0.3, -0.25) is 9.59 Å². The van der Waals surface area contributed by atoms with Gasteiger partial charge in [-0.2, -0.15) is 0 Å². The van der Waals surface area contributed by atoms with Gasteiger partial charge in [0.25, 0.3) is 0 Å². The highest BCUT2D eigenvalue weighted by atomic mass is 16.5. The van der Waals surface area contributed by atoms with Gasteiger partial charge in [-0.05, 0) is 25.0 Å². The Labute approximate surface area is 178 Å². The minimum absolute atomic E-state index is 0.0336. The number of ether oxygens (including phenoxy) is 4. The van der Waals surface area contributed by atoms with Crippen molar-refractivity contribution < 1.29 is 28.5 Å². The van der Waals surface area contributed by atoms with Crippen LogP contribution in [0.4, 0.5) is 0 Å². The molecule has 0 N–H and O–H groups in total. The topological polar surface area (TPSA) is 71.1 Å². The average molecular weight is 414 g/mol. The summed E-state index contributed by atoms with van der Waals surface area (Å²) in [7, 11) is 0. The van der Waals surface area contributed by atoms with Gasteiger partial charge in [0.1, 0.15) is 0 Å². The lowest BCUT2D eigenvalue weighted by Gasteiger charge is -2.24. The Morgan fingerprint density at radius 2 is 1.03 bits per heavy atom. The van der Waals surface area contributed by atoms with Crippen LogP contribution in [0.1, 0.15) is 25.0 Å². The first-order valence-corrected chi connectivity index (χ1v) is 10.2. The fraction of sp³-hybridized carbons (Fsp3) is 0.417. The van der Waals surface area contributed by atoms with E-state index in [2.05, 4.69) is 0 Å². The largest absolute Gasteiger partial charge is 0.466 e. The molecule has 0 aromatic heterocycles. The molecule has 0 fully saturated rings. The van der Waals surface area contributed by atoms with Crippen LogP contribution < -0.4 is 0 Å². The minimum Gasteiger partial charge on any atom is -0.466 e. The summed E-state index contributed by atoms with van der Waals surface area (Å²) in [6, 6.07) is 19.3. The van der Waals surface area contributed by atoms with Crippen molar-refractivity contribution in [1.29, 1.82) is 0 Å². The molecule has 2 aromatic rings. The molecule has 0 heterocycles. The summed E-state index contributed by atoms with van der Waals surface area (Å²) in [6.45, 7) is 4.62. The van der Waals surface area contributed by atoms with Crippen molar-refractivity contribution in [3.8, 4) is 0 Å². The van der Waals surface area contributed by atoms with E-state index in [0.717, 1.165) is 11.1 Å². The smallest absolute Gasteiger partial charge is 0.312 e. The van der Waals surface area contributed by atoms with Crippen LogP contribution in [0.3, 0.4) is 0 Å². The molecule has 6 heteroatoms. The van der Waals surface area contributed by atoms with Gasteiger partial charge in [0.2, 0.25) is 0 Å². The SMILES string of the molecule is CCOC(=O)[C@@H](COCc1ccccc1)[C@@H](COCc1ccccc1)C(=O)OCC. The molecule has 0 amide bonds. The molecule has 2 aromatic carbocycles. The van der Waals surface area contributed by atoms with E-state index in [0.29, 0.717) is 13.2 Å². The Morgan fingerprint density at radius 1 is 0.667 bits per heavy atom. The monoisotopic (exact) mass is 414 g/mol. The first-order chi connectivity index (χ1) is 14.7. The second kappa shape index (κ2) is 13.5. The molecule has 2 atom stereocenters. The fourth-order valence-corrected chi connectivity index (χ4v) is 2.95. The normalized spacial score (nSPS) is 12.7. The molecule has 0 bridgehead atoms. The van der Waals surface area contributed by atoms with Crippen LogP contribution >= 0.6 is 0 Å². The molecule has 2 rings (SSSR count). The number of carbonyl (C=O) groups is 2. The van der Waals surface area contributed by atoms with Gasteiger partial charge in [-0.25, -0.2) is 0 Å². The van der Waals surface area contributed by atoms with Crippen molar-refractivity contribution in [2.75, 3.05) is 26.4 Å². The van der Waals surface area contributed by atoms with E-state index in [-0.39, 0.29) is 26.4 Å². The molecule has 0 saturated carbocycles. The predicted octanol–water partition coefficient (Wildman–Crippen LogP) is 3.78. The van der Waals surface area contributed by atoms with Crippen molar-refractivity contribution in [3.63, 3.8) is 0 Å². The van der Waals surface area contributed by atoms with Crippen LogP contribution in [0.2, 0.25) is 0 Å². The summed E-state index contributed by atoms with van der Waals surface area (Å²) >= 11 is 0. The van der Waals surface area contributed by atoms with Crippen molar-refractivity contribution in [2.24, 2.45) is 11.8 Å². The summed E-state index contributed by atoms with van der Waals surface area (Å²) in [4.78, 5) is 25.2. The third-order valence-electron chi connectivity index (χ3n) is 4.48. The quantitative estimate of drug-likeness (QED) is 0.465. The number of carbonyl (C=O) groups excluding carboxylic acids is 2. The Kier molecular flexibility index (Phi) is 10.6. The minimum atomic E-state index is -0.816. The van der Waals surface area contributed by atoms with Crippen LogP contribution in [-0.4, -0.2) is 38.4 Å². The Balaban J connectivity index is 2.05. The second-order valence-corrected chi connectivity index (χ2v) is 6.72. The first kappa shape index (κ1) is 23.6. The number of esters is 2. The zero-order chi connectivity index (χ0) is 21.6. The van der Waals surface area contributed by atoms with Crippen molar-refractivity contribution in [1.82, 2.24) is 0 Å². The average Bonchev–Trinajstić information content (AvgIpc) is 2.76. The molecule has 0 radical (unpaired) electrons. The van der Waals surface area contributed by atoms with Crippen LogP contribution in [0.25, 0.3) is 0 Å². The van der Waals surface area contributed by atoms with E-state index < -0.39 is 23.8 Å². The van der Waals surface area contributed by atoms with Crippen molar-refractivity contribution in [2.45, 2.75) is 27.1 Å². The molecular weight excluding hydrogens is 384 g/mol. The molecule has 6 nitrogen and oxygen atoms in total. The third-order valence-corrected chi connectivity index (χ3v) is 4.48. The molecule has 0 spiro atoms. The van der Waals surface area contributed by atoms with Crippen molar-refractivity contribution >= 4 is 11.9 Å². The van der Waals surface area contributed by atoms with Crippen LogP contribution in [0.5, 0.6) is 0 Å². The Hall–Kier alpha value is -2.70. The van der Waals surface area contributed by atoms with Gasteiger partial charge in [-0.15, -0.1) is 0 Å². The highest BCUT2D eigenvalue weighted by molar-refractivity contribution is 5.82. The maximum atomic E-state index is 12.6. The molecule has 0 aliphatic heterocycles. The van der Waals surface area contributed by atoms with E-state index in [1.54, 1.807) is 13.8 Å². The summed E-state index contributed by atoms with van der Waals surface area (Å²) in [5.41, 5.74) is 1.96. The highest BCUT2D eigenvalue weighted by Gasteiger charge is 2.36. The zero-order valence-corrected chi connectivity index (χ0v) is 17.6.